The first kappa shape index (κ1) is 14.1. The third-order valence-corrected chi connectivity index (χ3v) is 5.68. The first-order valence-electron chi connectivity index (χ1n) is 5.28. The molecule has 0 bridgehead atoms. The summed E-state index contributed by atoms with van der Waals surface area (Å²) in [5.74, 6) is 0. The molecular weight excluding hydrogens is 308 g/mol. The molecule has 0 aliphatic heterocycles. The van der Waals surface area contributed by atoms with Crippen molar-refractivity contribution in [3.63, 3.8) is 0 Å². The molecule has 0 atom stereocenters. The monoisotopic (exact) mass is 318 g/mol. The number of hydrogen-bond acceptors (Lipinski definition) is 4. The van der Waals surface area contributed by atoms with Crippen molar-refractivity contribution in [2.24, 2.45) is 0 Å². The molecule has 8 heteroatoms. The average Bonchev–Trinajstić information content (AvgIpc) is 2.63. The van der Waals surface area contributed by atoms with E-state index in [1.165, 1.54) is 6.92 Å². The van der Waals surface area contributed by atoms with Crippen molar-refractivity contribution in [1.82, 2.24) is 4.98 Å². The molecule has 0 aliphatic rings. The quantitative estimate of drug-likeness (QED) is 0.912. The van der Waals surface area contributed by atoms with Crippen LogP contribution >= 0.6 is 22.9 Å². The van der Waals surface area contributed by atoms with E-state index in [2.05, 4.69) is 9.71 Å². The van der Waals surface area contributed by atoms with Crippen molar-refractivity contribution in [3.05, 3.63) is 44.1 Å². The summed E-state index contributed by atoms with van der Waals surface area (Å²) in [7, 11) is -3.81. The van der Waals surface area contributed by atoms with E-state index >= 15 is 0 Å². The summed E-state index contributed by atoms with van der Waals surface area (Å²) in [6, 6.07) is 4.99. The van der Waals surface area contributed by atoms with Gasteiger partial charge in [-0.25, -0.2) is 8.42 Å². The van der Waals surface area contributed by atoms with Crippen molar-refractivity contribution in [1.29, 1.82) is 0 Å². The van der Waals surface area contributed by atoms with Crippen molar-refractivity contribution in [2.75, 3.05) is 4.72 Å². The summed E-state index contributed by atoms with van der Waals surface area (Å²) >= 11 is 6.62. The second kappa shape index (κ2) is 4.99. The third-order valence-electron chi connectivity index (χ3n) is 2.39. The highest BCUT2D eigenvalue weighted by Gasteiger charge is 2.21. The van der Waals surface area contributed by atoms with Crippen molar-refractivity contribution >= 4 is 38.6 Å². The maximum Gasteiger partial charge on any atom is 0.306 e. The highest BCUT2D eigenvalue weighted by Crippen LogP contribution is 2.26. The van der Waals surface area contributed by atoms with Gasteiger partial charge in [-0.1, -0.05) is 29.0 Å². The SMILES string of the molecule is Cc1ccc(NS(=O)(=O)c2sc(=O)[nH]c2C)c(Cl)c1. The van der Waals surface area contributed by atoms with Crippen molar-refractivity contribution in [3.8, 4) is 0 Å². The molecule has 0 unspecified atom stereocenters. The molecule has 0 fully saturated rings. The zero-order valence-corrected chi connectivity index (χ0v) is 12.5. The standard InChI is InChI=1S/C11H11ClN2O3S2/c1-6-3-4-9(8(12)5-6)14-19(16,17)10-7(2)13-11(15)18-10/h3-5,14H,1-2H3,(H,13,15). The van der Waals surface area contributed by atoms with Crippen LogP contribution in [-0.4, -0.2) is 13.4 Å². The van der Waals surface area contributed by atoms with Gasteiger partial charge in [-0.2, -0.15) is 0 Å². The van der Waals surface area contributed by atoms with Crippen LogP contribution in [0.3, 0.4) is 0 Å². The molecule has 2 rings (SSSR count). The molecule has 2 N–H and O–H groups in total. The number of H-pyrrole nitrogens is 1. The first-order chi connectivity index (χ1) is 8.79. The lowest BCUT2D eigenvalue weighted by Crippen LogP contribution is -2.13. The molecule has 19 heavy (non-hydrogen) atoms. The van der Waals surface area contributed by atoms with E-state index in [0.717, 1.165) is 5.56 Å². The van der Waals surface area contributed by atoms with E-state index in [0.29, 0.717) is 22.1 Å². The number of aryl methyl sites for hydroxylation is 2. The Bertz CT molecular complexity index is 777. The van der Waals surface area contributed by atoms with Gasteiger partial charge in [0.1, 0.15) is 0 Å². The number of sulfonamides is 1. The fraction of sp³-hybridized carbons (Fsp3) is 0.182. The summed E-state index contributed by atoms with van der Waals surface area (Å²) < 4.78 is 26.7. The molecule has 0 spiro atoms. The van der Waals surface area contributed by atoms with E-state index in [-0.39, 0.29) is 9.90 Å². The van der Waals surface area contributed by atoms with Crippen LogP contribution in [0.4, 0.5) is 5.69 Å². The average molecular weight is 319 g/mol. The molecule has 0 saturated carbocycles. The van der Waals surface area contributed by atoms with Gasteiger partial charge in [0.25, 0.3) is 10.0 Å². The van der Waals surface area contributed by atoms with Crippen LogP contribution in [0.5, 0.6) is 0 Å². The summed E-state index contributed by atoms with van der Waals surface area (Å²) in [4.78, 5) is 13.2. The Morgan fingerprint density at radius 1 is 1.32 bits per heavy atom. The molecule has 0 radical (unpaired) electrons. The lowest BCUT2D eigenvalue weighted by atomic mass is 10.2. The van der Waals surface area contributed by atoms with Gasteiger partial charge in [0, 0.05) is 5.69 Å². The minimum atomic E-state index is -3.81. The molecule has 0 saturated heterocycles. The van der Waals surface area contributed by atoms with Crippen LogP contribution in [0.2, 0.25) is 5.02 Å². The first-order valence-corrected chi connectivity index (χ1v) is 7.96. The summed E-state index contributed by atoms with van der Waals surface area (Å²) in [5, 5.41) is 0.309. The molecule has 102 valence electrons. The molecule has 0 aliphatic carbocycles. The molecular formula is C11H11ClN2O3S2. The van der Waals surface area contributed by atoms with Crippen molar-refractivity contribution < 1.29 is 8.42 Å². The molecule has 1 heterocycles. The van der Waals surface area contributed by atoms with E-state index in [1.807, 2.05) is 6.92 Å². The number of halogens is 1. The van der Waals surface area contributed by atoms with Gasteiger partial charge in [-0.15, -0.1) is 0 Å². The second-order valence-corrected chi connectivity index (χ2v) is 7.28. The number of benzene rings is 1. The number of aromatic amines is 1. The zero-order valence-electron chi connectivity index (χ0n) is 10.2. The maximum absolute atomic E-state index is 12.2. The highest BCUT2D eigenvalue weighted by atomic mass is 35.5. The maximum atomic E-state index is 12.2. The summed E-state index contributed by atoms with van der Waals surface area (Å²) in [5.41, 5.74) is 1.52. The van der Waals surface area contributed by atoms with Gasteiger partial charge in [0.05, 0.1) is 10.7 Å². The van der Waals surface area contributed by atoms with Gasteiger partial charge < -0.3 is 4.98 Å². The predicted molar refractivity (Wildman–Crippen MR) is 76.7 cm³/mol. The van der Waals surface area contributed by atoms with Crippen LogP contribution in [0.25, 0.3) is 0 Å². The Hall–Kier alpha value is -1.31. The molecule has 2 aromatic rings. The largest absolute Gasteiger partial charge is 0.315 e. The smallest absolute Gasteiger partial charge is 0.306 e. The second-order valence-electron chi connectivity index (χ2n) is 4.02. The fourth-order valence-electron chi connectivity index (χ4n) is 1.54. The molecule has 0 amide bonds. The minimum Gasteiger partial charge on any atom is -0.315 e. The van der Waals surface area contributed by atoms with Gasteiger partial charge in [0.15, 0.2) is 4.21 Å². The number of anilines is 1. The van der Waals surface area contributed by atoms with Gasteiger partial charge in [-0.05, 0) is 31.5 Å². The van der Waals surface area contributed by atoms with E-state index in [4.69, 9.17) is 11.6 Å². The number of nitrogens with one attached hydrogen (secondary N) is 2. The van der Waals surface area contributed by atoms with Crippen molar-refractivity contribution in [2.45, 2.75) is 18.1 Å². The molecule has 5 nitrogen and oxygen atoms in total. The fourth-order valence-corrected chi connectivity index (χ4v) is 4.26. The summed E-state index contributed by atoms with van der Waals surface area (Å²) in [6.45, 7) is 3.38. The van der Waals surface area contributed by atoms with Crippen LogP contribution in [-0.2, 0) is 10.0 Å². The third kappa shape index (κ3) is 2.99. The number of hydrogen-bond donors (Lipinski definition) is 2. The zero-order chi connectivity index (χ0) is 14.2. The van der Waals surface area contributed by atoms with Crippen LogP contribution in [0.1, 0.15) is 11.3 Å². The lowest BCUT2D eigenvalue weighted by molar-refractivity contribution is 0.602. The van der Waals surface area contributed by atoms with E-state index in [9.17, 15) is 13.2 Å². The Balaban J connectivity index is 2.42. The normalized spacial score (nSPS) is 11.5. The number of aromatic nitrogens is 1. The summed E-state index contributed by atoms with van der Waals surface area (Å²) in [6.07, 6.45) is 0. The topological polar surface area (TPSA) is 79.0 Å². The molecule has 1 aromatic heterocycles. The van der Waals surface area contributed by atoms with Gasteiger partial charge in [0.2, 0.25) is 0 Å². The highest BCUT2D eigenvalue weighted by molar-refractivity contribution is 7.94. The van der Waals surface area contributed by atoms with Crippen LogP contribution < -0.4 is 9.60 Å². The van der Waals surface area contributed by atoms with Crippen LogP contribution in [0.15, 0.2) is 27.2 Å². The minimum absolute atomic E-state index is 0.0332. The van der Waals surface area contributed by atoms with Gasteiger partial charge >= 0.3 is 4.87 Å². The Labute approximate surface area is 119 Å². The lowest BCUT2D eigenvalue weighted by Gasteiger charge is -2.09. The Morgan fingerprint density at radius 2 is 2.00 bits per heavy atom. The Morgan fingerprint density at radius 3 is 2.53 bits per heavy atom. The van der Waals surface area contributed by atoms with E-state index in [1.54, 1.807) is 18.2 Å². The van der Waals surface area contributed by atoms with Gasteiger partial charge in [-0.3, -0.25) is 9.52 Å². The van der Waals surface area contributed by atoms with E-state index < -0.39 is 14.9 Å². The Kier molecular flexibility index (Phi) is 3.71. The number of thiazole rings is 1. The van der Waals surface area contributed by atoms with Crippen LogP contribution in [0, 0.1) is 13.8 Å². The molecule has 1 aromatic carbocycles. The predicted octanol–water partition coefficient (Wildman–Crippen LogP) is 2.51. The number of rotatable bonds is 3.